The predicted molar refractivity (Wildman–Crippen MR) is 70.6 cm³/mol. The lowest BCUT2D eigenvalue weighted by Crippen LogP contribution is -2.18. The quantitative estimate of drug-likeness (QED) is 0.526. The second-order valence-electron chi connectivity index (χ2n) is 4.41. The van der Waals surface area contributed by atoms with E-state index in [4.69, 9.17) is 0 Å². The smallest absolute Gasteiger partial charge is 0.333 e. The van der Waals surface area contributed by atoms with Gasteiger partial charge >= 0.3 is 5.69 Å². The number of hydrogen-bond acceptors (Lipinski definition) is 4. The Balaban J connectivity index is 2.36. The SMILES string of the molecule is O=c1c(Br)cn(CC2(CS)CC2)cc1[N+](=O)[O-]. The van der Waals surface area contributed by atoms with Crippen LogP contribution in [-0.2, 0) is 6.54 Å². The maximum Gasteiger partial charge on any atom is 0.333 e. The third kappa shape index (κ3) is 2.55. The van der Waals surface area contributed by atoms with Gasteiger partial charge in [-0.15, -0.1) is 0 Å². The van der Waals surface area contributed by atoms with E-state index in [0.29, 0.717) is 6.54 Å². The summed E-state index contributed by atoms with van der Waals surface area (Å²) in [6, 6.07) is 0. The first kappa shape index (κ1) is 12.6. The van der Waals surface area contributed by atoms with E-state index in [9.17, 15) is 14.9 Å². The van der Waals surface area contributed by atoms with Crippen LogP contribution in [0.5, 0.6) is 0 Å². The molecule has 0 unspecified atom stereocenters. The van der Waals surface area contributed by atoms with Crippen LogP contribution in [-0.4, -0.2) is 15.2 Å². The minimum absolute atomic E-state index is 0.144. The molecule has 0 aromatic carbocycles. The maximum atomic E-state index is 11.5. The largest absolute Gasteiger partial charge is 0.346 e. The third-order valence-electron chi connectivity index (χ3n) is 3.02. The Kier molecular flexibility index (Phi) is 3.31. The molecule has 5 nitrogen and oxygen atoms in total. The molecule has 0 spiro atoms. The highest BCUT2D eigenvalue weighted by Gasteiger charge is 2.41. The van der Waals surface area contributed by atoms with Gasteiger partial charge in [0.1, 0.15) is 0 Å². The summed E-state index contributed by atoms with van der Waals surface area (Å²) in [5, 5.41) is 10.7. The zero-order valence-electron chi connectivity index (χ0n) is 8.93. The van der Waals surface area contributed by atoms with Gasteiger partial charge < -0.3 is 4.57 Å². The van der Waals surface area contributed by atoms with Gasteiger partial charge in [0.25, 0.3) is 5.43 Å². The monoisotopic (exact) mass is 318 g/mol. The van der Waals surface area contributed by atoms with Crippen LogP contribution in [0.2, 0.25) is 0 Å². The molecule has 1 aromatic heterocycles. The first-order valence-corrected chi connectivity index (χ1v) is 6.55. The molecule has 92 valence electrons. The number of halogens is 1. The van der Waals surface area contributed by atoms with Gasteiger partial charge in [-0.1, -0.05) is 0 Å². The van der Waals surface area contributed by atoms with Gasteiger partial charge in [0.15, 0.2) is 0 Å². The van der Waals surface area contributed by atoms with Crippen LogP contribution in [0.3, 0.4) is 0 Å². The summed E-state index contributed by atoms with van der Waals surface area (Å²) in [7, 11) is 0. The number of rotatable bonds is 4. The molecule has 1 aromatic rings. The molecule has 17 heavy (non-hydrogen) atoms. The topological polar surface area (TPSA) is 65.1 Å². The molecule has 7 heteroatoms. The van der Waals surface area contributed by atoms with Crippen molar-refractivity contribution in [2.75, 3.05) is 5.75 Å². The Hall–Kier alpha value is -0.820. The van der Waals surface area contributed by atoms with Crippen molar-refractivity contribution in [3.63, 3.8) is 0 Å². The minimum atomic E-state index is -0.649. The van der Waals surface area contributed by atoms with Crippen molar-refractivity contribution in [1.29, 1.82) is 0 Å². The van der Waals surface area contributed by atoms with Crippen molar-refractivity contribution < 1.29 is 4.92 Å². The van der Waals surface area contributed by atoms with Gasteiger partial charge in [-0.05, 0) is 39.9 Å². The second-order valence-corrected chi connectivity index (χ2v) is 5.58. The molecule has 0 N–H and O–H groups in total. The van der Waals surface area contributed by atoms with Gasteiger partial charge in [0.05, 0.1) is 15.6 Å². The summed E-state index contributed by atoms with van der Waals surface area (Å²) in [4.78, 5) is 21.6. The third-order valence-corrected chi connectivity index (χ3v) is 4.26. The molecule has 1 fully saturated rings. The lowest BCUT2D eigenvalue weighted by molar-refractivity contribution is -0.386. The molecule has 1 heterocycles. The molecule has 0 radical (unpaired) electrons. The summed E-state index contributed by atoms with van der Waals surface area (Å²) >= 11 is 7.34. The van der Waals surface area contributed by atoms with Crippen molar-refractivity contribution in [2.24, 2.45) is 5.41 Å². The normalized spacial score (nSPS) is 16.8. The lowest BCUT2D eigenvalue weighted by Gasteiger charge is -2.14. The zero-order chi connectivity index (χ0) is 12.6. The summed E-state index contributed by atoms with van der Waals surface area (Å²) in [5.74, 6) is 0.755. The molecule has 0 bridgehead atoms. The minimum Gasteiger partial charge on any atom is -0.346 e. The summed E-state index contributed by atoms with van der Waals surface area (Å²) < 4.78 is 1.92. The molecule has 0 atom stereocenters. The fourth-order valence-electron chi connectivity index (χ4n) is 1.73. The number of nitro groups is 1. The average Bonchev–Trinajstić information content (AvgIpc) is 3.03. The van der Waals surface area contributed by atoms with Gasteiger partial charge in [0.2, 0.25) is 0 Å². The highest BCUT2D eigenvalue weighted by Crippen LogP contribution is 2.47. The number of hydrogen-bond donors (Lipinski definition) is 1. The van der Waals surface area contributed by atoms with E-state index in [0.717, 1.165) is 18.6 Å². The molecule has 1 aliphatic rings. The molecule has 0 aliphatic heterocycles. The van der Waals surface area contributed by atoms with Crippen molar-refractivity contribution >= 4 is 34.2 Å². The van der Waals surface area contributed by atoms with Gasteiger partial charge in [-0.3, -0.25) is 14.9 Å². The van der Waals surface area contributed by atoms with Crippen molar-refractivity contribution in [3.05, 3.63) is 37.2 Å². The Morgan fingerprint density at radius 3 is 2.65 bits per heavy atom. The number of pyridine rings is 1. The molecule has 1 saturated carbocycles. The van der Waals surface area contributed by atoms with Crippen molar-refractivity contribution in [3.8, 4) is 0 Å². The Bertz CT molecular complexity index is 525. The number of thiol groups is 1. The van der Waals surface area contributed by atoms with Gasteiger partial charge in [0, 0.05) is 12.7 Å². The second kappa shape index (κ2) is 4.45. The van der Waals surface area contributed by atoms with E-state index in [1.165, 1.54) is 6.20 Å². The molecular formula is C10H11BrN2O3S. The van der Waals surface area contributed by atoms with Crippen LogP contribution in [0.1, 0.15) is 12.8 Å². The number of aromatic nitrogens is 1. The Morgan fingerprint density at radius 2 is 2.18 bits per heavy atom. The molecular weight excluding hydrogens is 308 g/mol. The van der Waals surface area contributed by atoms with Crippen LogP contribution < -0.4 is 5.43 Å². The van der Waals surface area contributed by atoms with E-state index in [1.807, 2.05) is 0 Å². The van der Waals surface area contributed by atoms with E-state index in [1.54, 1.807) is 10.8 Å². The van der Waals surface area contributed by atoms with Crippen molar-refractivity contribution in [2.45, 2.75) is 19.4 Å². The summed E-state index contributed by atoms with van der Waals surface area (Å²) in [6.45, 7) is 0.663. The fourth-order valence-corrected chi connectivity index (χ4v) is 2.61. The average molecular weight is 319 g/mol. The number of nitrogens with zero attached hydrogens (tertiary/aromatic N) is 2. The van der Waals surface area contributed by atoms with Crippen molar-refractivity contribution in [1.82, 2.24) is 4.57 Å². The van der Waals surface area contributed by atoms with Gasteiger partial charge in [-0.25, -0.2) is 0 Å². The summed E-state index contributed by atoms with van der Waals surface area (Å²) in [6.07, 6.45) is 5.05. The van der Waals surface area contributed by atoms with Crippen LogP contribution in [0.4, 0.5) is 5.69 Å². The highest BCUT2D eigenvalue weighted by atomic mass is 79.9. The highest BCUT2D eigenvalue weighted by molar-refractivity contribution is 9.10. The standard InChI is InChI=1S/C10H11BrN2O3S/c11-7-3-12(5-10(6-17)1-2-10)4-8(9(7)14)13(15)16/h3-4,17H,1-2,5-6H2. The van der Waals surface area contributed by atoms with E-state index in [2.05, 4.69) is 28.6 Å². The molecule has 2 rings (SSSR count). The molecule has 0 amide bonds. The van der Waals surface area contributed by atoms with E-state index >= 15 is 0 Å². The molecule has 0 saturated heterocycles. The predicted octanol–water partition coefficient (Wildman–Crippen LogP) is 2.23. The fraction of sp³-hybridized carbons (Fsp3) is 0.500. The van der Waals surface area contributed by atoms with Crippen LogP contribution in [0.25, 0.3) is 0 Å². The van der Waals surface area contributed by atoms with E-state index < -0.39 is 16.0 Å². The Morgan fingerprint density at radius 1 is 1.53 bits per heavy atom. The first-order valence-electron chi connectivity index (χ1n) is 5.12. The van der Waals surface area contributed by atoms with Crippen LogP contribution in [0.15, 0.2) is 21.7 Å². The first-order chi connectivity index (χ1) is 7.97. The maximum absolute atomic E-state index is 11.5. The van der Waals surface area contributed by atoms with Gasteiger partial charge in [-0.2, -0.15) is 12.6 Å². The summed E-state index contributed by atoms with van der Waals surface area (Å²) in [5.41, 5.74) is -0.831. The Labute approximate surface area is 112 Å². The van der Waals surface area contributed by atoms with E-state index in [-0.39, 0.29) is 9.89 Å². The molecule has 1 aliphatic carbocycles. The zero-order valence-corrected chi connectivity index (χ0v) is 11.4. The lowest BCUT2D eigenvalue weighted by atomic mass is 10.1. The van der Waals surface area contributed by atoms with Crippen LogP contribution >= 0.6 is 28.6 Å². The van der Waals surface area contributed by atoms with Crippen LogP contribution in [0, 0.1) is 15.5 Å².